The first kappa shape index (κ1) is 10.5. The van der Waals surface area contributed by atoms with E-state index in [1.54, 1.807) is 0 Å². The molecule has 0 aromatic carbocycles. The Morgan fingerprint density at radius 2 is 1.87 bits per heavy atom. The van der Waals surface area contributed by atoms with Crippen molar-refractivity contribution in [3.8, 4) is 0 Å². The minimum Gasteiger partial charge on any atom is -0.314 e. The van der Waals surface area contributed by atoms with Gasteiger partial charge in [0.2, 0.25) is 0 Å². The lowest BCUT2D eigenvalue weighted by atomic mass is 10.2. The predicted molar refractivity (Wildman–Crippen MR) is 59.6 cm³/mol. The first-order valence-corrected chi connectivity index (χ1v) is 5.50. The van der Waals surface area contributed by atoms with E-state index in [2.05, 4.69) is 27.1 Å². The van der Waals surface area contributed by atoms with Crippen LogP contribution in [0.5, 0.6) is 0 Å². The summed E-state index contributed by atoms with van der Waals surface area (Å²) in [4.78, 5) is 11.2. The van der Waals surface area contributed by atoms with Gasteiger partial charge in [-0.3, -0.25) is 4.90 Å². The van der Waals surface area contributed by atoms with Crippen LogP contribution in [0, 0.1) is 6.92 Å². The number of aromatic nitrogens is 2. The standard InChI is InChI=1S/C11H18N4/c1-9-7-13-11(14-8-9)10(2)15-5-3-12-4-6-15/h7-8,10,12H,3-6H2,1-2H3. The van der Waals surface area contributed by atoms with Crippen molar-refractivity contribution >= 4 is 0 Å². The van der Waals surface area contributed by atoms with Crippen LogP contribution in [0.2, 0.25) is 0 Å². The summed E-state index contributed by atoms with van der Waals surface area (Å²) in [5.74, 6) is 0.933. The van der Waals surface area contributed by atoms with E-state index in [1.807, 2.05) is 19.3 Å². The largest absolute Gasteiger partial charge is 0.314 e. The number of aryl methyl sites for hydroxylation is 1. The number of rotatable bonds is 2. The lowest BCUT2D eigenvalue weighted by molar-refractivity contribution is 0.179. The Kier molecular flexibility index (Phi) is 3.28. The molecule has 82 valence electrons. The van der Waals surface area contributed by atoms with Gasteiger partial charge in [0.25, 0.3) is 0 Å². The minimum absolute atomic E-state index is 0.327. The molecular weight excluding hydrogens is 188 g/mol. The first-order valence-electron chi connectivity index (χ1n) is 5.50. The molecule has 0 radical (unpaired) electrons. The average molecular weight is 206 g/mol. The van der Waals surface area contributed by atoms with Crippen molar-refractivity contribution in [3.63, 3.8) is 0 Å². The van der Waals surface area contributed by atoms with Crippen molar-refractivity contribution in [1.29, 1.82) is 0 Å². The molecular formula is C11H18N4. The quantitative estimate of drug-likeness (QED) is 0.775. The van der Waals surface area contributed by atoms with E-state index in [0.29, 0.717) is 6.04 Å². The molecule has 1 aromatic heterocycles. The smallest absolute Gasteiger partial charge is 0.145 e. The van der Waals surface area contributed by atoms with Gasteiger partial charge in [-0.2, -0.15) is 0 Å². The van der Waals surface area contributed by atoms with Crippen molar-refractivity contribution in [1.82, 2.24) is 20.2 Å². The van der Waals surface area contributed by atoms with Crippen molar-refractivity contribution in [2.24, 2.45) is 0 Å². The van der Waals surface area contributed by atoms with Crippen LogP contribution < -0.4 is 5.32 Å². The lowest BCUT2D eigenvalue weighted by Gasteiger charge is -2.31. The Morgan fingerprint density at radius 1 is 1.27 bits per heavy atom. The topological polar surface area (TPSA) is 41.1 Å². The van der Waals surface area contributed by atoms with Gasteiger partial charge in [0.05, 0.1) is 6.04 Å². The van der Waals surface area contributed by atoms with Gasteiger partial charge in [-0.25, -0.2) is 9.97 Å². The minimum atomic E-state index is 0.327. The second-order valence-corrected chi connectivity index (χ2v) is 4.08. The summed E-state index contributed by atoms with van der Waals surface area (Å²) >= 11 is 0. The van der Waals surface area contributed by atoms with Gasteiger partial charge >= 0.3 is 0 Å². The number of piperazine rings is 1. The zero-order valence-corrected chi connectivity index (χ0v) is 9.40. The molecule has 0 spiro atoms. The monoisotopic (exact) mass is 206 g/mol. The summed E-state index contributed by atoms with van der Waals surface area (Å²) in [6.07, 6.45) is 3.78. The van der Waals surface area contributed by atoms with Crippen molar-refractivity contribution in [2.75, 3.05) is 26.2 Å². The molecule has 0 aliphatic carbocycles. The molecule has 0 bridgehead atoms. The van der Waals surface area contributed by atoms with Crippen LogP contribution in [0.15, 0.2) is 12.4 Å². The molecule has 4 heteroatoms. The van der Waals surface area contributed by atoms with E-state index in [9.17, 15) is 0 Å². The van der Waals surface area contributed by atoms with Crippen LogP contribution in [0.25, 0.3) is 0 Å². The molecule has 2 heterocycles. The third-order valence-corrected chi connectivity index (χ3v) is 2.87. The highest BCUT2D eigenvalue weighted by atomic mass is 15.2. The van der Waals surface area contributed by atoms with E-state index < -0.39 is 0 Å². The molecule has 4 nitrogen and oxygen atoms in total. The van der Waals surface area contributed by atoms with Crippen molar-refractivity contribution < 1.29 is 0 Å². The Bertz CT molecular complexity index is 303. The number of hydrogen-bond acceptors (Lipinski definition) is 4. The second-order valence-electron chi connectivity index (χ2n) is 4.08. The molecule has 0 amide bonds. The maximum Gasteiger partial charge on any atom is 0.145 e. The van der Waals surface area contributed by atoms with Crippen LogP contribution in [0.1, 0.15) is 24.4 Å². The van der Waals surface area contributed by atoms with Gasteiger partial charge in [-0.1, -0.05) is 0 Å². The molecule has 1 aliphatic rings. The van der Waals surface area contributed by atoms with Crippen LogP contribution in [-0.4, -0.2) is 41.0 Å². The molecule has 1 aliphatic heterocycles. The van der Waals surface area contributed by atoms with Crippen LogP contribution in [0.3, 0.4) is 0 Å². The predicted octanol–water partition coefficient (Wildman–Crippen LogP) is 0.751. The summed E-state index contributed by atoms with van der Waals surface area (Å²) in [5, 5.41) is 3.35. The Morgan fingerprint density at radius 3 is 2.47 bits per heavy atom. The van der Waals surface area contributed by atoms with Gasteiger partial charge in [0.15, 0.2) is 0 Å². The number of hydrogen-bond donors (Lipinski definition) is 1. The fraction of sp³-hybridized carbons (Fsp3) is 0.636. The van der Waals surface area contributed by atoms with Crippen molar-refractivity contribution in [3.05, 3.63) is 23.8 Å². The highest BCUT2D eigenvalue weighted by molar-refractivity contribution is 5.04. The van der Waals surface area contributed by atoms with Gasteiger partial charge in [0.1, 0.15) is 5.82 Å². The average Bonchev–Trinajstić information content (AvgIpc) is 2.30. The van der Waals surface area contributed by atoms with E-state index >= 15 is 0 Å². The van der Waals surface area contributed by atoms with E-state index in [0.717, 1.165) is 37.6 Å². The van der Waals surface area contributed by atoms with Gasteiger partial charge < -0.3 is 5.32 Å². The molecule has 15 heavy (non-hydrogen) atoms. The third kappa shape index (κ3) is 2.52. The second kappa shape index (κ2) is 4.68. The molecule has 1 fully saturated rings. The highest BCUT2D eigenvalue weighted by Gasteiger charge is 2.19. The van der Waals surface area contributed by atoms with Crippen LogP contribution in [0.4, 0.5) is 0 Å². The molecule has 1 unspecified atom stereocenters. The van der Waals surface area contributed by atoms with E-state index in [1.165, 1.54) is 0 Å². The van der Waals surface area contributed by atoms with E-state index in [-0.39, 0.29) is 0 Å². The van der Waals surface area contributed by atoms with E-state index in [4.69, 9.17) is 0 Å². The molecule has 1 atom stereocenters. The maximum atomic E-state index is 4.38. The normalized spacial score (nSPS) is 20.1. The fourth-order valence-electron chi connectivity index (χ4n) is 1.85. The Balaban J connectivity index is 2.05. The third-order valence-electron chi connectivity index (χ3n) is 2.87. The summed E-state index contributed by atoms with van der Waals surface area (Å²) < 4.78 is 0. The van der Waals surface area contributed by atoms with Crippen LogP contribution in [-0.2, 0) is 0 Å². The summed E-state index contributed by atoms with van der Waals surface area (Å²) in [6.45, 7) is 8.48. The molecule has 1 saturated heterocycles. The van der Waals surface area contributed by atoms with Crippen molar-refractivity contribution in [2.45, 2.75) is 19.9 Å². The molecule has 1 N–H and O–H groups in total. The summed E-state index contributed by atoms with van der Waals surface area (Å²) in [5.41, 5.74) is 1.12. The first-order chi connectivity index (χ1) is 7.27. The lowest BCUT2D eigenvalue weighted by Crippen LogP contribution is -2.44. The number of nitrogens with one attached hydrogen (secondary N) is 1. The fourth-order valence-corrected chi connectivity index (χ4v) is 1.85. The van der Waals surface area contributed by atoms with Crippen LogP contribution >= 0.6 is 0 Å². The zero-order chi connectivity index (χ0) is 10.7. The maximum absolute atomic E-state index is 4.38. The van der Waals surface area contributed by atoms with Gasteiger partial charge in [-0.15, -0.1) is 0 Å². The summed E-state index contributed by atoms with van der Waals surface area (Å²) in [6, 6.07) is 0.327. The Labute approximate surface area is 90.7 Å². The molecule has 0 saturated carbocycles. The number of nitrogens with zero attached hydrogens (tertiary/aromatic N) is 3. The molecule has 2 rings (SSSR count). The zero-order valence-electron chi connectivity index (χ0n) is 9.40. The highest BCUT2D eigenvalue weighted by Crippen LogP contribution is 2.15. The SMILES string of the molecule is Cc1cnc(C(C)N2CCNCC2)nc1. The van der Waals surface area contributed by atoms with Gasteiger partial charge in [0, 0.05) is 38.6 Å². The summed E-state index contributed by atoms with van der Waals surface area (Å²) in [7, 11) is 0. The Hall–Kier alpha value is -1.00. The van der Waals surface area contributed by atoms with Gasteiger partial charge in [-0.05, 0) is 19.4 Å². The molecule has 1 aromatic rings.